The first-order valence-corrected chi connectivity index (χ1v) is 5.55. The van der Waals surface area contributed by atoms with Gasteiger partial charge in [-0.25, -0.2) is 4.79 Å². The summed E-state index contributed by atoms with van der Waals surface area (Å²) in [6.07, 6.45) is 2.30. The zero-order valence-corrected chi connectivity index (χ0v) is 10.1. The number of carbonyl (C=O) groups is 1. The predicted octanol–water partition coefficient (Wildman–Crippen LogP) is 2.52. The summed E-state index contributed by atoms with van der Waals surface area (Å²) in [6.45, 7) is 5.49. The van der Waals surface area contributed by atoms with Gasteiger partial charge in [-0.15, -0.1) is 0 Å². The number of aryl methyl sites for hydroxylation is 1. The summed E-state index contributed by atoms with van der Waals surface area (Å²) in [5.74, 6) is 0.267. The molecule has 0 bridgehead atoms. The average molecular weight is 225 g/mol. The zero-order chi connectivity index (χ0) is 12.1. The van der Waals surface area contributed by atoms with Crippen molar-refractivity contribution in [2.45, 2.75) is 33.2 Å². The highest BCUT2D eigenvalue weighted by molar-refractivity contribution is 5.88. The van der Waals surface area contributed by atoms with Gasteiger partial charge in [-0.3, -0.25) is 4.90 Å². The maximum absolute atomic E-state index is 10.8. The number of hydrogen-bond donors (Lipinski definition) is 1. The first-order chi connectivity index (χ1) is 7.54. The Morgan fingerprint density at radius 2 is 2.25 bits per heavy atom. The third-order valence-corrected chi connectivity index (χ3v) is 2.52. The number of unbranched alkanes of at least 4 members (excludes halogenated alkanes) is 1. The van der Waals surface area contributed by atoms with E-state index in [1.165, 1.54) is 0 Å². The van der Waals surface area contributed by atoms with E-state index in [4.69, 9.17) is 9.52 Å². The lowest BCUT2D eigenvalue weighted by Gasteiger charge is -2.13. The predicted molar refractivity (Wildman–Crippen MR) is 61.6 cm³/mol. The van der Waals surface area contributed by atoms with Crippen molar-refractivity contribution in [1.82, 2.24) is 4.90 Å². The molecule has 0 saturated carbocycles. The molecule has 0 unspecified atom stereocenters. The van der Waals surface area contributed by atoms with E-state index in [1.54, 1.807) is 13.0 Å². The second-order valence-electron chi connectivity index (χ2n) is 4.08. The SMILES string of the molecule is CCCCN(C)Cc1cc(C(=O)O)c(C)o1. The molecule has 0 amide bonds. The molecule has 0 saturated heterocycles. The average Bonchev–Trinajstić information content (AvgIpc) is 2.56. The highest BCUT2D eigenvalue weighted by Gasteiger charge is 2.14. The minimum absolute atomic E-state index is 0.263. The molecule has 0 aliphatic carbocycles. The summed E-state index contributed by atoms with van der Waals surface area (Å²) in [4.78, 5) is 13.0. The smallest absolute Gasteiger partial charge is 0.339 e. The van der Waals surface area contributed by atoms with E-state index in [0.29, 0.717) is 18.1 Å². The fourth-order valence-electron chi connectivity index (χ4n) is 1.61. The molecule has 1 rings (SSSR count). The first-order valence-electron chi connectivity index (χ1n) is 5.55. The van der Waals surface area contributed by atoms with Crippen molar-refractivity contribution in [2.75, 3.05) is 13.6 Å². The fourth-order valence-corrected chi connectivity index (χ4v) is 1.61. The van der Waals surface area contributed by atoms with Crippen molar-refractivity contribution in [3.8, 4) is 0 Å². The fraction of sp³-hybridized carbons (Fsp3) is 0.583. The van der Waals surface area contributed by atoms with Gasteiger partial charge in [0.25, 0.3) is 0 Å². The minimum Gasteiger partial charge on any atom is -0.478 e. The van der Waals surface area contributed by atoms with Crippen molar-refractivity contribution in [2.24, 2.45) is 0 Å². The topological polar surface area (TPSA) is 53.7 Å². The van der Waals surface area contributed by atoms with Gasteiger partial charge in [0.15, 0.2) is 0 Å². The molecule has 16 heavy (non-hydrogen) atoms. The third kappa shape index (κ3) is 3.38. The first kappa shape index (κ1) is 12.8. The van der Waals surface area contributed by atoms with Crippen LogP contribution in [0.2, 0.25) is 0 Å². The molecule has 0 aromatic carbocycles. The molecule has 0 radical (unpaired) electrons. The van der Waals surface area contributed by atoms with E-state index in [2.05, 4.69) is 11.8 Å². The van der Waals surface area contributed by atoms with Gasteiger partial charge < -0.3 is 9.52 Å². The lowest BCUT2D eigenvalue weighted by molar-refractivity contribution is 0.0695. The number of carboxylic acid groups (broad SMARTS) is 1. The van der Waals surface area contributed by atoms with Crippen LogP contribution in [-0.4, -0.2) is 29.6 Å². The number of nitrogens with zero attached hydrogens (tertiary/aromatic N) is 1. The zero-order valence-electron chi connectivity index (χ0n) is 10.1. The van der Waals surface area contributed by atoms with Gasteiger partial charge in [-0.1, -0.05) is 13.3 Å². The molecule has 90 valence electrons. The van der Waals surface area contributed by atoms with Gasteiger partial charge in [0, 0.05) is 0 Å². The van der Waals surface area contributed by atoms with E-state index in [0.717, 1.165) is 19.4 Å². The van der Waals surface area contributed by atoms with Crippen molar-refractivity contribution >= 4 is 5.97 Å². The minimum atomic E-state index is -0.927. The molecule has 4 nitrogen and oxygen atoms in total. The van der Waals surface area contributed by atoms with Crippen LogP contribution >= 0.6 is 0 Å². The molecule has 1 N–H and O–H groups in total. The monoisotopic (exact) mass is 225 g/mol. The summed E-state index contributed by atoms with van der Waals surface area (Å²) in [7, 11) is 2.01. The van der Waals surface area contributed by atoms with Crippen LogP contribution in [0, 0.1) is 6.92 Å². The molecule has 0 fully saturated rings. The molecular formula is C12H19NO3. The Hall–Kier alpha value is -1.29. The van der Waals surface area contributed by atoms with Crippen LogP contribution in [0.5, 0.6) is 0 Å². The molecule has 0 aliphatic rings. The number of hydrogen-bond acceptors (Lipinski definition) is 3. The summed E-state index contributed by atoms with van der Waals surface area (Å²) < 4.78 is 5.40. The molecule has 4 heteroatoms. The lowest BCUT2D eigenvalue weighted by Crippen LogP contribution is -2.18. The lowest BCUT2D eigenvalue weighted by atomic mass is 10.2. The molecule has 1 aromatic rings. The van der Waals surface area contributed by atoms with Gasteiger partial charge in [0.05, 0.1) is 6.54 Å². The highest BCUT2D eigenvalue weighted by atomic mass is 16.4. The highest BCUT2D eigenvalue weighted by Crippen LogP contribution is 2.16. The van der Waals surface area contributed by atoms with Crippen molar-refractivity contribution in [1.29, 1.82) is 0 Å². The molecule has 0 spiro atoms. The van der Waals surface area contributed by atoms with Gasteiger partial charge in [-0.05, 0) is 33.0 Å². The standard InChI is InChI=1S/C12H19NO3/c1-4-5-6-13(3)8-10-7-11(12(14)15)9(2)16-10/h7H,4-6,8H2,1-3H3,(H,14,15). The second-order valence-corrected chi connectivity index (χ2v) is 4.08. The Balaban J connectivity index is 2.60. The molecule has 0 aliphatic heterocycles. The van der Waals surface area contributed by atoms with Crippen molar-refractivity contribution in [3.63, 3.8) is 0 Å². The van der Waals surface area contributed by atoms with Crippen molar-refractivity contribution in [3.05, 3.63) is 23.2 Å². The Labute approximate surface area is 95.9 Å². The van der Waals surface area contributed by atoms with Crippen LogP contribution < -0.4 is 0 Å². The van der Waals surface area contributed by atoms with Crippen LogP contribution in [-0.2, 0) is 6.54 Å². The number of rotatable bonds is 6. The normalized spacial score (nSPS) is 11.0. The summed E-state index contributed by atoms with van der Waals surface area (Å²) >= 11 is 0. The number of carboxylic acids is 1. The molecule has 0 atom stereocenters. The maximum Gasteiger partial charge on any atom is 0.339 e. The quantitative estimate of drug-likeness (QED) is 0.808. The summed E-state index contributed by atoms with van der Waals surface area (Å²) in [5.41, 5.74) is 0.263. The Kier molecular flexibility index (Phi) is 4.55. The molecular weight excluding hydrogens is 206 g/mol. The second kappa shape index (κ2) is 5.70. The van der Waals surface area contributed by atoms with Crippen molar-refractivity contribution < 1.29 is 14.3 Å². The summed E-state index contributed by atoms with van der Waals surface area (Å²) in [5, 5.41) is 8.88. The molecule has 1 aromatic heterocycles. The van der Waals surface area contributed by atoms with E-state index >= 15 is 0 Å². The van der Waals surface area contributed by atoms with Gasteiger partial charge in [0.2, 0.25) is 0 Å². The number of aromatic carboxylic acids is 1. The van der Waals surface area contributed by atoms with Gasteiger partial charge in [-0.2, -0.15) is 0 Å². The van der Waals surface area contributed by atoms with Crippen LogP contribution in [0.25, 0.3) is 0 Å². The third-order valence-electron chi connectivity index (χ3n) is 2.52. The molecule has 1 heterocycles. The van der Waals surface area contributed by atoms with Gasteiger partial charge in [0.1, 0.15) is 17.1 Å². The summed E-state index contributed by atoms with van der Waals surface area (Å²) in [6, 6.07) is 1.61. The van der Waals surface area contributed by atoms with Crippen LogP contribution in [0.1, 0.15) is 41.6 Å². The number of furan rings is 1. The Morgan fingerprint density at radius 3 is 2.75 bits per heavy atom. The van der Waals surface area contributed by atoms with E-state index in [9.17, 15) is 4.79 Å². The van der Waals surface area contributed by atoms with Crippen LogP contribution in [0.3, 0.4) is 0 Å². The van der Waals surface area contributed by atoms with E-state index in [1.807, 2.05) is 7.05 Å². The maximum atomic E-state index is 10.8. The van der Waals surface area contributed by atoms with Gasteiger partial charge >= 0.3 is 5.97 Å². The van der Waals surface area contributed by atoms with Crippen LogP contribution in [0.4, 0.5) is 0 Å². The Bertz CT molecular complexity index is 357. The largest absolute Gasteiger partial charge is 0.478 e. The Morgan fingerprint density at radius 1 is 1.56 bits per heavy atom. The van der Waals surface area contributed by atoms with E-state index in [-0.39, 0.29) is 5.56 Å². The van der Waals surface area contributed by atoms with E-state index < -0.39 is 5.97 Å². The van der Waals surface area contributed by atoms with Crippen LogP contribution in [0.15, 0.2) is 10.5 Å².